The van der Waals surface area contributed by atoms with Gasteiger partial charge in [0.1, 0.15) is 11.6 Å². The lowest BCUT2D eigenvalue weighted by Gasteiger charge is -2.33. The molecule has 0 N–H and O–H groups in total. The van der Waals surface area contributed by atoms with Crippen LogP contribution in [0.3, 0.4) is 0 Å². The summed E-state index contributed by atoms with van der Waals surface area (Å²) in [6.45, 7) is 16.5. The number of aryl methyl sites for hydroxylation is 2. The Morgan fingerprint density at radius 1 is 0.973 bits per heavy atom. The molecular formula is C34H46O3. The van der Waals surface area contributed by atoms with Gasteiger partial charge in [0.15, 0.2) is 5.78 Å². The summed E-state index contributed by atoms with van der Waals surface area (Å²) >= 11 is 0. The first kappa shape index (κ1) is 29.0. The molecule has 0 amide bonds. The Hall–Kier alpha value is -2.55. The molecule has 1 aliphatic carbocycles. The summed E-state index contributed by atoms with van der Waals surface area (Å²) in [5.41, 5.74) is 9.36. The molecule has 0 aromatic heterocycles. The smallest absolute Gasteiger partial charge is 0.163 e. The number of ketones is 3. The predicted molar refractivity (Wildman–Crippen MR) is 153 cm³/mol. The second kappa shape index (κ2) is 12.3. The molecule has 37 heavy (non-hydrogen) atoms. The molecule has 0 aliphatic heterocycles. The molecule has 3 nitrogen and oxygen atoms in total. The normalized spacial score (nSPS) is 17.0. The van der Waals surface area contributed by atoms with Gasteiger partial charge in [-0.2, -0.15) is 0 Å². The van der Waals surface area contributed by atoms with Crippen LogP contribution in [0.15, 0.2) is 24.3 Å². The number of benzene rings is 2. The Labute approximate surface area is 224 Å². The van der Waals surface area contributed by atoms with Crippen molar-refractivity contribution in [3.05, 3.63) is 57.6 Å². The van der Waals surface area contributed by atoms with Crippen LogP contribution in [0.1, 0.15) is 117 Å². The van der Waals surface area contributed by atoms with Crippen LogP contribution in [-0.4, -0.2) is 17.3 Å². The molecule has 2 aromatic rings. The highest BCUT2D eigenvalue weighted by Gasteiger charge is 2.34. The van der Waals surface area contributed by atoms with Crippen molar-refractivity contribution in [2.75, 3.05) is 0 Å². The van der Waals surface area contributed by atoms with Gasteiger partial charge in [-0.25, -0.2) is 0 Å². The summed E-state index contributed by atoms with van der Waals surface area (Å²) in [4.78, 5) is 38.3. The van der Waals surface area contributed by atoms with Crippen molar-refractivity contribution in [2.24, 2.45) is 17.8 Å². The van der Waals surface area contributed by atoms with Gasteiger partial charge < -0.3 is 0 Å². The van der Waals surface area contributed by atoms with Crippen molar-refractivity contribution in [1.82, 2.24) is 0 Å². The summed E-state index contributed by atoms with van der Waals surface area (Å²) in [6, 6.07) is 8.96. The first-order valence-corrected chi connectivity index (χ1v) is 14.3. The summed E-state index contributed by atoms with van der Waals surface area (Å²) in [6.07, 6.45) is 5.05. The Bertz CT molecular complexity index is 1150. The lowest BCUT2D eigenvalue weighted by Crippen LogP contribution is -2.30. The summed E-state index contributed by atoms with van der Waals surface area (Å²) in [5, 5.41) is 0. The van der Waals surface area contributed by atoms with Crippen molar-refractivity contribution in [1.29, 1.82) is 0 Å². The zero-order chi connectivity index (χ0) is 27.4. The standard InChI is InChI=1S/C34H46O3/c1-9-11-26(28(10-2)32(36)15-23(7)35)16-25-17-31-29(20(3)4)19-30(24(8)34(31)33(37)18-25)27-13-21(5)12-22(6)14-27/h12-14,19-20,25-26,28H,9-11,15-18H2,1-8H3. The average molecular weight is 503 g/mol. The number of rotatable bonds is 11. The molecular weight excluding hydrogens is 456 g/mol. The van der Waals surface area contributed by atoms with Gasteiger partial charge in [-0.3, -0.25) is 14.4 Å². The van der Waals surface area contributed by atoms with E-state index < -0.39 is 0 Å². The van der Waals surface area contributed by atoms with Crippen LogP contribution >= 0.6 is 0 Å². The number of Topliss-reactive ketones (excluding diaryl/α,β-unsaturated/α-hetero) is 3. The molecule has 3 unspecified atom stereocenters. The highest BCUT2D eigenvalue weighted by Crippen LogP contribution is 2.42. The van der Waals surface area contributed by atoms with Gasteiger partial charge in [0, 0.05) is 17.9 Å². The molecule has 1 aliphatic rings. The van der Waals surface area contributed by atoms with Crippen molar-refractivity contribution in [2.45, 2.75) is 106 Å². The SMILES string of the molecule is CCCC(CC1CC(=O)c2c(C)c(-c3cc(C)cc(C)c3)cc(C(C)C)c2C1)C(CC)C(=O)CC(C)=O. The Kier molecular flexibility index (Phi) is 9.67. The van der Waals surface area contributed by atoms with E-state index in [-0.39, 0.29) is 41.5 Å². The van der Waals surface area contributed by atoms with E-state index in [1.165, 1.54) is 40.3 Å². The van der Waals surface area contributed by atoms with Crippen molar-refractivity contribution in [3.63, 3.8) is 0 Å². The van der Waals surface area contributed by atoms with Crippen LogP contribution in [0.2, 0.25) is 0 Å². The maximum absolute atomic E-state index is 13.8. The van der Waals surface area contributed by atoms with E-state index in [2.05, 4.69) is 72.7 Å². The zero-order valence-electron chi connectivity index (χ0n) is 24.3. The van der Waals surface area contributed by atoms with Gasteiger partial charge in [0.25, 0.3) is 0 Å². The lowest BCUT2D eigenvalue weighted by molar-refractivity contribution is -0.129. The molecule has 0 saturated heterocycles. The minimum atomic E-state index is -0.0985. The van der Waals surface area contributed by atoms with Crippen LogP contribution in [0.4, 0.5) is 0 Å². The van der Waals surface area contributed by atoms with E-state index in [0.29, 0.717) is 12.3 Å². The summed E-state index contributed by atoms with van der Waals surface area (Å²) in [5.74, 6) is 0.940. The average Bonchev–Trinajstić information content (AvgIpc) is 2.78. The summed E-state index contributed by atoms with van der Waals surface area (Å²) in [7, 11) is 0. The molecule has 0 spiro atoms. The van der Waals surface area contributed by atoms with E-state index in [4.69, 9.17) is 0 Å². The van der Waals surface area contributed by atoms with Gasteiger partial charge in [-0.05, 0) is 92.5 Å². The fraction of sp³-hybridized carbons (Fsp3) is 0.559. The van der Waals surface area contributed by atoms with Gasteiger partial charge in [0.2, 0.25) is 0 Å². The van der Waals surface area contributed by atoms with Crippen LogP contribution in [0.25, 0.3) is 11.1 Å². The van der Waals surface area contributed by atoms with Crippen molar-refractivity contribution in [3.8, 4) is 11.1 Å². The molecule has 0 radical (unpaired) electrons. The fourth-order valence-corrected chi connectivity index (χ4v) is 6.77. The van der Waals surface area contributed by atoms with E-state index in [9.17, 15) is 14.4 Å². The second-order valence-electron chi connectivity index (χ2n) is 11.9. The third-order valence-electron chi connectivity index (χ3n) is 8.27. The molecule has 0 bridgehead atoms. The number of hydrogen-bond acceptors (Lipinski definition) is 3. The fourth-order valence-electron chi connectivity index (χ4n) is 6.77. The van der Waals surface area contributed by atoms with Crippen molar-refractivity contribution >= 4 is 17.3 Å². The van der Waals surface area contributed by atoms with Crippen LogP contribution < -0.4 is 0 Å². The third-order valence-corrected chi connectivity index (χ3v) is 8.27. The lowest BCUT2D eigenvalue weighted by atomic mass is 9.70. The Balaban J connectivity index is 2.00. The Morgan fingerprint density at radius 2 is 1.62 bits per heavy atom. The second-order valence-corrected chi connectivity index (χ2v) is 11.9. The highest BCUT2D eigenvalue weighted by atomic mass is 16.1. The van der Waals surface area contributed by atoms with Crippen LogP contribution in [0.5, 0.6) is 0 Å². The molecule has 200 valence electrons. The Morgan fingerprint density at radius 3 is 2.16 bits per heavy atom. The molecule has 2 aromatic carbocycles. The first-order valence-electron chi connectivity index (χ1n) is 14.3. The summed E-state index contributed by atoms with van der Waals surface area (Å²) < 4.78 is 0. The first-order chi connectivity index (χ1) is 17.5. The van der Waals surface area contributed by atoms with Gasteiger partial charge in [-0.15, -0.1) is 0 Å². The molecule has 0 heterocycles. The van der Waals surface area contributed by atoms with E-state index in [1.54, 1.807) is 0 Å². The zero-order valence-corrected chi connectivity index (χ0v) is 24.3. The molecule has 0 saturated carbocycles. The molecule has 3 rings (SSSR count). The highest BCUT2D eigenvalue weighted by molar-refractivity contribution is 6.02. The minimum absolute atomic E-state index is 0.0308. The van der Waals surface area contributed by atoms with E-state index in [0.717, 1.165) is 43.2 Å². The van der Waals surface area contributed by atoms with Crippen LogP contribution in [0, 0.1) is 38.5 Å². The third kappa shape index (κ3) is 6.67. The molecule has 0 fully saturated rings. The number of carbonyl (C=O) groups excluding carboxylic acids is 3. The topological polar surface area (TPSA) is 51.2 Å². The van der Waals surface area contributed by atoms with E-state index in [1.807, 2.05) is 0 Å². The van der Waals surface area contributed by atoms with Gasteiger partial charge in [0.05, 0.1) is 6.42 Å². The minimum Gasteiger partial charge on any atom is -0.300 e. The number of fused-ring (bicyclic) bond motifs is 1. The largest absolute Gasteiger partial charge is 0.300 e. The molecule has 3 atom stereocenters. The van der Waals surface area contributed by atoms with Crippen molar-refractivity contribution < 1.29 is 14.4 Å². The maximum Gasteiger partial charge on any atom is 0.163 e. The van der Waals surface area contributed by atoms with Crippen LogP contribution in [-0.2, 0) is 16.0 Å². The monoisotopic (exact) mass is 502 g/mol. The number of hydrogen-bond donors (Lipinski definition) is 0. The number of carbonyl (C=O) groups is 3. The van der Waals surface area contributed by atoms with Gasteiger partial charge in [-0.1, -0.05) is 75.9 Å². The predicted octanol–water partition coefficient (Wildman–Crippen LogP) is 8.53. The molecule has 3 heteroatoms. The quantitative estimate of drug-likeness (QED) is 0.289. The van der Waals surface area contributed by atoms with Gasteiger partial charge >= 0.3 is 0 Å². The maximum atomic E-state index is 13.8. The van der Waals surface area contributed by atoms with E-state index >= 15 is 0 Å².